The van der Waals surface area contributed by atoms with Gasteiger partial charge in [0, 0.05) is 12.8 Å². The number of aryl methyl sites for hydroxylation is 1. The summed E-state index contributed by atoms with van der Waals surface area (Å²) in [6, 6.07) is 7.71. The number of nitrogens with one attached hydrogen (secondary N) is 1. The first kappa shape index (κ1) is 14.2. The number of rotatable bonds is 6. The number of carbonyl (C=O) groups is 1. The maximum Gasteiger partial charge on any atom is 0.242 e. The molecule has 0 saturated carbocycles. The van der Waals surface area contributed by atoms with E-state index in [1.165, 1.54) is 10.9 Å². The van der Waals surface area contributed by atoms with Crippen LogP contribution in [0.2, 0.25) is 0 Å². The van der Waals surface area contributed by atoms with Crippen molar-refractivity contribution in [3.8, 4) is 0 Å². The van der Waals surface area contributed by atoms with E-state index in [2.05, 4.69) is 15.6 Å². The Hall–Kier alpha value is -2.21. The highest BCUT2D eigenvalue weighted by Crippen LogP contribution is 2.17. The lowest BCUT2D eigenvalue weighted by Gasteiger charge is -2.18. The van der Waals surface area contributed by atoms with Crippen LogP contribution in [-0.2, 0) is 11.3 Å². The average molecular weight is 274 g/mol. The normalized spacial score (nSPS) is 12.1. The van der Waals surface area contributed by atoms with Gasteiger partial charge in [0.15, 0.2) is 0 Å². The smallest absolute Gasteiger partial charge is 0.242 e. The Balaban J connectivity index is 2.01. The molecule has 1 atom stereocenters. The van der Waals surface area contributed by atoms with Gasteiger partial charge in [-0.15, -0.1) is 5.10 Å². The zero-order valence-corrected chi connectivity index (χ0v) is 11.4. The van der Waals surface area contributed by atoms with Gasteiger partial charge in [0.05, 0.1) is 12.2 Å². The number of carbonyl (C=O) groups excluding carboxylic acids is 1. The van der Waals surface area contributed by atoms with Gasteiger partial charge < -0.3 is 10.4 Å². The molecule has 2 aromatic rings. The maximum atomic E-state index is 12.0. The molecule has 1 amide bonds. The summed E-state index contributed by atoms with van der Waals surface area (Å²) in [7, 11) is 0. The number of aliphatic hydroxyl groups is 1. The minimum atomic E-state index is -0.198. The van der Waals surface area contributed by atoms with E-state index in [0.29, 0.717) is 6.42 Å². The number of nitrogens with zero attached hydrogens (tertiary/aromatic N) is 3. The summed E-state index contributed by atoms with van der Waals surface area (Å²) in [5.41, 5.74) is 2.14. The molecule has 0 fully saturated rings. The lowest BCUT2D eigenvalue weighted by atomic mass is 10.0. The van der Waals surface area contributed by atoms with Gasteiger partial charge in [-0.1, -0.05) is 35.0 Å². The minimum Gasteiger partial charge on any atom is -0.396 e. The zero-order chi connectivity index (χ0) is 14.4. The fraction of sp³-hybridized carbons (Fsp3) is 0.357. The molecule has 1 aromatic heterocycles. The zero-order valence-electron chi connectivity index (χ0n) is 11.4. The molecule has 0 aliphatic rings. The molecule has 2 N–H and O–H groups in total. The first-order valence-electron chi connectivity index (χ1n) is 6.50. The van der Waals surface area contributed by atoms with Crippen molar-refractivity contribution in [3.63, 3.8) is 0 Å². The molecular weight excluding hydrogens is 256 g/mol. The third-order valence-corrected chi connectivity index (χ3v) is 3.01. The second-order valence-electron chi connectivity index (χ2n) is 4.64. The molecule has 0 aliphatic heterocycles. The fourth-order valence-electron chi connectivity index (χ4n) is 1.95. The van der Waals surface area contributed by atoms with E-state index in [1.807, 2.05) is 31.2 Å². The largest absolute Gasteiger partial charge is 0.396 e. The molecule has 1 aromatic carbocycles. The van der Waals surface area contributed by atoms with Crippen LogP contribution in [0, 0.1) is 6.92 Å². The average Bonchev–Trinajstić information content (AvgIpc) is 2.92. The first-order chi connectivity index (χ1) is 9.69. The van der Waals surface area contributed by atoms with Crippen LogP contribution in [0.25, 0.3) is 0 Å². The summed E-state index contributed by atoms with van der Waals surface area (Å²) < 4.78 is 1.46. The molecule has 106 valence electrons. The molecule has 0 saturated heterocycles. The Morgan fingerprint density at radius 1 is 1.40 bits per heavy atom. The predicted molar refractivity (Wildman–Crippen MR) is 73.8 cm³/mol. The Kier molecular flexibility index (Phi) is 4.84. The fourth-order valence-corrected chi connectivity index (χ4v) is 1.95. The third-order valence-electron chi connectivity index (χ3n) is 3.01. The van der Waals surface area contributed by atoms with Gasteiger partial charge in [0.2, 0.25) is 5.91 Å². The van der Waals surface area contributed by atoms with E-state index >= 15 is 0 Å². The molecule has 2 rings (SSSR count). The molecule has 0 aliphatic carbocycles. The highest BCUT2D eigenvalue weighted by atomic mass is 16.3. The lowest BCUT2D eigenvalue weighted by molar-refractivity contribution is -0.122. The summed E-state index contributed by atoms with van der Waals surface area (Å²) in [5, 5.41) is 19.4. The van der Waals surface area contributed by atoms with Crippen LogP contribution in [0.3, 0.4) is 0 Å². The van der Waals surface area contributed by atoms with E-state index in [1.54, 1.807) is 6.20 Å². The van der Waals surface area contributed by atoms with Crippen molar-refractivity contribution in [1.29, 1.82) is 0 Å². The molecule has 0 bridgehead atoms. The highest BCUT2D eigenvalue weighted by Gasteiger charge is 2.14. The van der Waals surface area contributed by atoms with E-state index < -0.39 is 0 Å². The van der Waals surface area contributed by atoms with Crippen molar-refractivity contribution < 1.29 is 9.90 Å². The van der Waals surface area contributed by atoms with Gasteiger partial charge in [-0.05, 0) is 18.9 Å². The number of aromatic nitrogens is 3. The maximum absolute atomic E-state index is 12.0. The topological polar surface area (TPSA) is 80.0 Å². The van der Waals surface area contributed by atoms with E-state index in [4.69, 9.17) is 5.11 Å². The standard InChI is InChI=1S/C14H18N4O2/c1-11-2-4-12(5-3-11)13(6-9-19)16-14(20)10-18-8-7-15-17-18/h2-5,7-8,13,19H,6,9-10H2,1H3,(H,16,20). The Labute approximate surface area is 117 Å². The highest BCUT2D eigenvalue weighted by molar-refractivity contribution is 5.76. The van der Waals surface area contributed by atoms with Crippen molar-refractivity contribution in [1.82, 2.24) is 20.3 Å². The van der Waals surface area contributed by atoms with Gasteiger partial charge in [-0.25, -0.2) is 4.68 Å². The lowest BCUT2D eigenvalue weighted by Crippen LogP contribution is -2.32. The quantitative estimate of drug-likeness (QED) is 0.817. The molecule has 0 spiro atoms. The summed E-state index contributed by atoms with van der Waals surface area (Å²) in [5.74, 6) is -0.158. The van der Waals surface area contributed by atoms with Crippen molar-refractivity contribution >= 4 is 5.91 Å². The predicted octanol–water partition coefficient (Wildman–Crippen LogP) is 0.826. The molecule has 20 heavy (non-hydrogen) atoms. The number of hydrogen-bond donors (Lipinski definition) is 2. The molecule has 6 heteroatoms. The third kappa shape index (κ3) is 3.89. The summed E-state index contributed by atoms with van der Waals surface area (Å²) >= 11 is 0. The number of amides is 1. The molecular formula is C14H18N4O2. The molecule has 1 unspecified atom stereocenters. The van der Waals surface area contributed by atoms with Crippen LogP contribution in [-0.4, -0.2) is 32.6 Å². The second-order valence-corrected chi connectivity index (χ2v) is 4.64. The van der Waals surface area contributed by atoms with Crippen molar-refractivity contribution in [3.05, 3.63) is 47.8 Å². The SMILES string of the molecule is Cc1ccc(C(CCO)NC(=O)Cn2ccnn2)cc1. The van der Waals surface area contributed by atoms with E-state index in [-0.39, 0.29) is 25.1 Å². The van der Waals surface area contributed by atoms with Crippen LogP contribution >= 0.6 is 0 Å². The van der Waals surface area contributed by atoms with Crippen molar-refractivity contribution in [2.45, 2.75) is 25.9 Å². The van der Waals surface area contributed by atoms with E-state index in [9.17, 15) is 4.79 Å². The number of benzene rings is 1. The Morgan fingerprint density at radius 2 is 2.15 bits per heavy atom. The van der Waals surface area contributed by atoms with Gasteiger partial charge >= 0.3 is 0 Å². The van der Waals surface area contributed by atoms with E-state index in [0.717, 1.165) is 11.1 Å². The minimum absolute atomic E-state index is 0.0160. The van der Waals surface area contributed by atoms with Crippen LogP contribution < -0.4 is 5.32 Å². The van der Waals surface area contributed by atoms with Gasteiger partial charge in [-0.2, -0.15) is 0 Å². The molecule has 0 radical (unpaired) electrons. The van der Waals surface area contributed by atoms with Crippen LogP contribution in [0.4, 0.5) is 0 Å². The second kappa shape index (κ2) is 6.81. The van der Waals surface area contributed by atoms with Crippen LogP contribution in [0.15, 0.2) is 36.7 Å². The first-order valence-corrected chi connectivity index (χ1v) is 6.50. The van der Waals surface area contributed by atoms with Crippen molar-refractivity contribution in [2.24, 2.45) is 0 Å². The van der Waals surface area contributed by atoms with Crippen molar-refractivity contribution in [2.75, 3.05) is 6.61 Å². The van der Waals surface area contributed by atoms with Crippen LogP contribution in [0.5, 0.6) is 0 Å². The van der Waals surface area contributed by atoms with Gasteiger partial charge in [0.1, 0.15) is 6.54 Å². The summed E-state index contributed by atoms with van der Waals surface area (Å²) in [6.07, 6.45) is 3.64. The van der Waals surface area contributed by atoms with Crippen LogP contribution in [0.1, 0.15) is 23.6 Å². The number of aliphatic hydroxyl groups excluding tert-OH is 1. The molecule has 1 heterocycles. The Morgan fingerprint density at radius 3 is 2.75 bits per heavy atom. The summed E-state index contributed by atoms with van der Waals surface area (Å²) in [6.45, 7) is 2.14. The van der Waals surface area contributed by atoms with Gasteiger partial charge in [0.25, 0.3) is 0 Å². The monoisotopic (exact) mass is 274 g/mol. The Bertz CT molecular complexity index is 537. The summed E-state index contributed by atoms with van der Waals surface area (Å²) in [4.78, 5) is 12.0. The number of hydrogen-bond acceptors (Lipinski definition) is 4. The van der Waals surface area contributed by atoms with Gasteiger partial charge in [-0.3, -0.25) is 4.79 Å². The molecule has 6 nitrogen and oxygen atoms in total.